The first kappa shape index (κ1) is 51.7. The lowest BCUT2D eigenvalue weighted by Gasteiger charge is -2.54. The van der Waals surface area contributed by atoms with E-state index in [-0.39, 0.29) is 46.0 Å². The van der Waals surface area contributed by atoms with Gasteiger partial charge in [-0.15, -0.1) is 0 Å². The van der Waals surface area contributed by atoms with Crippen molar-refractivity contribution in [2.45, 2.75) is 174 Å². The summed E-state index contributed by atoms with van der Waals surface area (Å²) in [6.07, 6.45) is 4.27. The summed E-state index contributed by atoms with van der Waals surface area (Å²) in [7, 11) is 0. The van der Waals surface area contributed by atoms with Crippen LogP contribution in [0.2, 0.25) is 0 Å². The molecule has 1 heterocycles. The van der Waals surface area contributed by atoms with Crippen LogP contribution in [0.4, 0.5) is 13.6 Å². The van der Waals surface area contributed by atoms with Crippen molar-refractivity contribution in [2.75, 3.05) is 59.3 Å². The number of benzene rings is 1. The molecule has 1 aromatic carbocycles. The number of alkyl carbamates (subject to hydrolysis) is 1. The number of hydrogen-bond donors (Lipinski definition) is 2. The number of rotatable bonds is 34. The van der Waals surface area contributed by atoms with Gasteiger partial charge in [0.25, 0.3) is 5.79 Å². The lowest BCUT2D eigenvalue weighted by Crippen LogP contribution is -2.75. The van der Waals surface area contributed by atoms with Gasteiger partial charge >= 0.3 is 18.0 Å². The molecule has 1 amide bonds. The zero-order valence-corrected chi connectivity index (χ0v) is 36.4. The molecule has 0 radical (unpaired) electrons. The normalized spacial score (nSPS) is 21.4. The Morgan fingerprint density at radius 3 is 2.00 bits per heavy atom. The fourth-order valence-corrected chi connectivity index (χ4v) is 6.46. The molecule has 6 atom stereocenters. The molecule has 336 valence electrons. The molecule has 2 rings (SSSR count). The van der Waals surface area contributed by atoms with Crippen LogP contribution in [0.5, 0.6) is 0 Å². The first-order chi connectivity index (χ1) is 28.1. The molecular weight excluding hydrogens is 754 g/mol. The van der Waals surface area contributed by atoms with Crippen LogP contribution in [-0.4, -0.2) is 114 Å². The van der Waals surface area contributed by atoms with Crippen molar-refractivity contribution in [2.24, 2.45) is 0 Å². The largest absolute Gasteiger partial charge is 0.464 e. The van der Waals surface area contributed by atoms with Crippen LogP contribution >= 0.6 is 0 Å². The number of carbonyl (C=O) groups is 2. The van der Waals surface area contributed by atoms with Gasteiger partial charge in [-0.25, -0.2) is 9.59 Å². The SMILES string of the molecule is CCCCOC[C@H]1O[C@@](OCCCC)(C(F)(F)CNCCCC[C@H](NC(=O)OCc2ccccc2)C(=O)OCC)[C@H](OCCCC)[C@@H](OCCCC)[C@H]1OCCCC. The van der Waals surface area contributed by atoms with Crippen molar-refractivity contribution in [3.05, 3.63) is 35.9 Å². The van der Waals surface area contributed by atoms with Gasteiger partial charge < -0.3 is 48.5 Å². The average molecular weight is 831 g/mol. The molecule has 12 nitrogen and oxygen atoms in total. The number of amides is 1. The second-order valence-corrected chi connectivity index (χ2v) is 14.9. The fourth-order valence-electron chi connectivity index (χ4n) is 6.46. The van der Waals surface area contributed by atoms with Crippen molar-refractivity contribution in [3.63, 3.8) is 0 Å². The Labute approximate surface area is 347 Å². The summed E-state index contributed by atoms with van der Waals surface area (Å²) >= 11 is 0. The molecule has 1 aromatic rings. The van der Waals surface area contributed by atoms with Crippen LogP contribution in [-0.2, 0) is 49.3 Å². The van der Waals surface area contributed by atoms with Gasteiger partial charge in [0.1, 0.15) is 37.1 Å². The summed E-state index contributed by atoms with van der Waals surface area (Å²) in [5.41, 5.74) is 0.804. The number of carbonyl (C=O) groups excluding carboxylic acids is 2. The van der Waals surface area contributed by atoms with E-state index in [1.54, 1.807) is 6.92 Å². The summed E-state index contributed by atoms with van der Waals surface area (Å²) in [5.74, 6) is -6.70. The number of alkyl halides is 2. The summed E-state index contributed by atoms with van der Waals surface area (Å²) in [6.45, 7) is 12.9. The predicted octanol–water partition coefficient (Wildman–Crippen LogP) is 8.52. The second-order valence-electron chi connectivity index (χ2n) is 14.9. The Morgan fingerprint density at radius 2 is 1.36 bits per heavy atom. The van der Waals surface area contributed by atoms with E-state index < -0.39 is 60.8 Å². The molecule has 0 aliphatic carbocycles. The highest BCUT2D eigenvalue weighted by Crippen LogP contribution is 2.46. The van der Waals surface area contributed by atoms with E-state index in [2.05, 4.69) is 31.4 Å². The van der Waals surface area contributed by atoms with E-state index >= 15 is 8.78 Å². The van der Waals surface area contributed by atoms with Crippen LogP contribution in [0.3, 0.4) is 0 Å². The third kappa shape index (κ3) is 18.0. The summed E-state index contributed by atoms with van der Waals surface area (Å²) in [5, 5.41) is 5.53. The quantitative estimate of drug-likeness (QED) is 0.0512. The Kier molecular flexibility index (Phi) is 27.2. The summed E-state index contributed by atoms with van der Waals surface area (Å²) in [4.78, 5) is 25.3. The third-order valence-electron chi connectivity index (χ3n) is 9.87. The highest BCUT2D eigenvalue weighted by molar-refractivity contribution is 5.81. The number of ether oxygens (including phenoxy) is 8. The highest BCUT2D eigenvalue weighted by Gasteiger charge is 2.69. The molecular formula is C44H76F2N2O10. The minimum atomic E-state index is -3.60. The van der Waals surface area contributed by atoms with Gasteiger partial charge in [0.05, 0.1) is 26.4 Å². The first-order valence-corrected chi connectivity index (χ1v) is 22.1. The van der Waals surface area contributed by atoms with E-state index in [0.717, 1.165) is 56.9 Å². The molecule has 0 spiro atoms. The van der Waals surface area contributed by atoms with Gasteiger partial charge in [-0.2, -0.15) is 8.78 Å². The summed E-state index contributed by atoms with van der Waals surface area (Å²) < 4.78 is 83.3. The van der Waals surface area contributed by atoms with Gasteiger partial charge in [-0.05, 0) is 70.4 Å². The maximum atomic E-state index is 17.3. The van der Waals surface area contributed by atoms with Crippen LogP contribution in [0.15, 0.2) is 30.3 Å². The van der Waals surface area contributed by atoms with E-state index in [0.29, 0.717) is 45.5 Å². The van der Waals surface area contributed by atoms with Crippen molar-refractivity contribution in [1.29, 1.82) is 0 Å². The Morgan fingerprint density at radius 1 is 0.759 bits per heavy atom. The smallest absolute Gasteiger partial charge is 0.408 e. The number of unbranched alkanes of at least 4 members (excludes halogenated alkanes) is 6. The molecule has 0 unspecified atom stereocenters. The molecule has 0 aromatic heterocycles. The topological polar surface area (TPSA) is 132 Å². The predicted molar refractivity (Wildman–Crippen MR) is 220 cm³/mol. The minimum Gasteiger partial charge on any atom is -0.464 e. The Hall–Kier alpha value is -2.46. The minimum absolute atomic E-state index is 0.0300. The van der Waals surface area contributed by atoms with Crippen molar-refractivity contribution in [1.82, 2.24) is 10.6 Å². The van der Waals surface area contributed by atoms with E-state index in [4.69, 9.17) is 37.9 Å². The van der Waals surface area contributed by atoms with E-state index in [1.807, 2.05) is 44.2 Å². The lowest BCUT2D eigenvalue weighted by molar-refractivity contribution is -0.432. The van der Waals surface area contributed by atoms with Crippen molar-refractivity contribution in [3.8, 4) is 0 Å². The molecule has 14 heteroatoms. The van der Waals surface area contributed by atoms with E-state index in [9.17, 15) is 9.59 Å². The monoisotopic (exact) mass is 831 g/mol. The molecule has 0 bridgehead atoms. The standard InChI is InChI=1S/C44H76F2N2O10/c1-7-13-27-51-33-37-38(53-28-14-8-2)39(54-29-15-9-3)40(55-30-16-10-4)44(58-37,57-31-17-11-5)43(45,46)34-47-26-22-21-25-36(41(49)52-12-6)48-42(50)56-32-35-23-19-18-20-24-35/h18-20,23-24,36-40,47H,7-17,21-22,25-34H2,1-6H3,(H,48,50)/t36-,37+,38-,39-,40+,44+/m0/s1. The summed E-state index contributed by atoms with van der Waals surface area (Å²) in [6, 6.07) is 8.23. The number of nitrogens with one attached hydrogen (secondary N) is 2. The molecule has 0 saturated carbocycles. The molecule has 1 aliphatic heterocycles. The van der Waals surface area contributed by atoms with Gasteiger partial charge in [0, 0.05) is 26.4 Å². The maximum absolute atomic E-state index is 17.3. The Bertz CT molecular complexity index is 1200. The zero-order chi connectivity index (χ0) is 42.5. The second kappa shape index (κ2) is 30.5. The third-order valence-corrected chi connectivity index (χ3v) is 9.87. The zero-order valence-electron chi connectivity index (χ0n) is 36.4. The van der Waals surface area contributed by atoms with Crippen LogP contribution < -0.4 is 10.6 Å². The number of hydrogen-bond acceptors (Lipinski definition) is 11. The van der Waals surface area contributed by atoms with Gasteiger partial charge in [0.15, 0.2) is 0 Å². The Balaban J connectivity index is 2.30. The van der Waals surface area contributed by atoms with Crippen molar-refractivity contribution < 1.29 is 56.3 Å². The highest BCUT2D eigenvalue weighted by atomic mass is 19.3. The van der Waals surface area contributed by atoms with E-state index in [1.165, 1.54) is 0 Å². The molecule has 58 heavy (non-hydrogen) atoms. The number of esters is 1. The lowest BCUT2D eigenvalue weighted by atomic mass is 9.87. The van der Waals surface area contributed by atoms with Crippen LogP contribution in [0.1, 0.15) is 131 Å². The van der Waals surface area contributed by atoms with Gasteiger partial charge in [0.2, 0.25) is 0 Å². The van der Waals surface area contributed by atoms with Gasteiger partial charge in [-0.1, -0.05) is 97.1 Å². The van der Waals surface area contributed by atoms with Gasteiger partial charge in [-0.3, -0.25) is 0 Å². The maximum Gasteiger partial charge on any atom is 0.408 e. The van der Waals surface area contributed by atoms with Crippen LogP contribution in [0.25, 0.3) is 0 Å². The molecule has 1 fully saturated rings. The molecule has 1 aliphatic rings. The number of halogens is 2. The fraction of sp³-hybridized carbons (Fsp3) is 0.818. The average Bonchev–Trinajstić information content (AvgIpc) is 3.21. The molecule has 1 saturated heterocycles. The van der Waals surface area contributed by atoms with Crippen molar-refractivity contribution >= 4 is 12.1 Å². The molecule has 2 N–H and O–H groups in total. The van der Waals surface area contributed by atoms with Crippen LogP contribution in [0, 0.1) is 0 Å². The first-order valence-electron chi connectivity index (χ1n) is 22.1.